The van der Waals surface area contributed by atoms with Crippen molar-refractivity contribution in [2.24, 2.45) is 5.92 Å². The molecule has 43 heavy (non-hydrogen) atoms. The number of amides is 1. The largest absolute Gasteiger partial charge is 0.458 e. The molecular formula is C32H31FN2O7S. The lowest BCUT2D eigenvalue weighted by atomic mass is 9.78. The molecule has 3 atom stereocenters. The summed E-state index contributed by atoms with van der Waals surface area (Å²) in [6.45, 7) is 2.59. The van der Waals surface area contributed by atoms with Crippen LogP contribution in [0.15, 0.2) is 72.8 Å². The zero-order valence-electron chi connectivity index (χ0n) is 23.9. The topological polar surface area (TPSA) is 119 Å². The molecule has 3 aromatic rings. The molecule has 1 aliphatic rings. The second-order valence-corrected chi connectivity index (χ2v) is 11.9. The summed E-state index contributed by atoms with van der Waals surface area (Å²) >= 11 is 0. The Bertz CT molecular complexity index is 1640. The van der Waals surface area contributed by atoms with Gasteiger partial charge in [-0.1, -0.05) is 36.1 Å². The van der Waals surface area contributed by atoms with Crippen LogP contribution in [0.1, 0.15) is 55.5 Å². The summed E-state index contributed by atoms with van der Waals surface area (Å²) in [5.74, 6) is 4.11. The van der Waals surface area contributed by atoms with Crippen LogP contribution in [0.3, 0.4) is 0 Å². The molecule has 0 saturated carbocycles. The lowest BCUT2D eigenvalue weighted by Gasteiger charge is -2.48. The van der Waals surface area contributed by atoms with Crippen molar-refractivity contribution in [2.45, 2.75) is 38.8 Å². The molecule has 0 spiro atoms. The number of esters is 2. The summed E-state index contributed by atoms with van der Waals surface area (Å²) in [6.07, 6.45) is 1.13. The number of hydrogen-bond acceptors (Lipinski definition) is 7. The number of benzene rings is 3. The van der Waals surface area contributed by atoms with Gasteiger partial charge in [0.2, 0.25) is 15.9 Å². The molecule has 1 N–H and O–H groups in total. The van der Waals surface area contributed by atoms with Crippen LogP contribution < -0.4 is 14.4 Å². The third kappa shape index (κ3) is 8.50. The fourth-order valence-corrected chi connectivity index (χ4v) is 5.25. The maximum absolute atomic E-state index is 13.6. The van der Waals surface area contributed by atoms with Gasteiger partial charge in [-0.25, -0.2) is 17.5 Å². The molecule has 1 amide bonds. The quantitative estimate of drug-likeness (QED) is 0.157. The second-order valence-electron chi connectivity index (χ2n) is 10.1. The minimum absolute atomic E-state index is 0.0233. The predicted octanol–water partition coefficient (Wildman–Crippen LogP) is 4.44. The van der Waals surface area contributed by atoms with E-state index >= 15 is 0 Å². The summed E-state index contributed by atoms with van der Waals surface area (Å²) in [5.41, 5.74) is 2.74. The van der Waals surface area contributed by atoms with Crippen LogP contribution in [0.5, 0.6) is 5.75 Å². The monoisotopic (exact) mass is 606 g/mol. The first-order valence-corrected chi connectivity index (χ1v) is 15.4. The molecule has 0 radical (unpaired) electrons. The first-order valence-electron chi connectivity index (χ1n) is 13.5. The van der Waals surface area contributed by atoms with E-state index in [0.717, 1.165) is 11.8 Å². The number of nitrogens with zero attached hydrogens (tertiary/aromatic N) is 1. The SMILES string of the molecule is CC(=O)Oc1ccc(C2C(CC[C@H](OC(C)=O)c3ccc(F)cc3)C(=O)N2c2ccc(C#CCNS(C)(=O)=O)cc2)cc1. The predicted molar refractivity (Wildman–Crippen MR) is 158 cm³/mol. The summed E-state index contributed by atoms with van der Waals surface area (Å²) in [5, 5.41) is 0. The molecule has 9 nitrogen and oxygen atoms in total. The first kappa shape index (κ1) is 31.4. The van der Waals surface area contributed by atoms with Gasteiger partial charge in [0.15, 0.2) is 0 Å². The van der Waals surface area contributed by atoms with Crippen molar-refractivity contribution >= 4 is 33.6 Å². The number of carbonyl (C=O) groups excluding carboxylic acids is 3. The lowest BCUT2D eigenvalue weighted by molar-refractivity contribution is -0.147. The first-order chi connectivity index (χ1) is 20.4. The second kappa shape index (κ2) is 13.6. The number of hydrogen-bond donors (Lipinski definition) is 1. The fourth-order valence-electron chi connectivity index (χ4n) is 4.92. The minimum atomic E-state index is -3.34. The van der Waals surface area contributed by atoms with Crippen molar-refractivity contribution in [1.29, 1.82) is 0 Å². The van der Waals surface area contributed by atoms with E-state index < -0.39 is 39.8 Å². The van der Waals surface area contributed by atoms with Crippen LogP contribution in [0, 0.1) is 23.6 Å². The van der Waals surface area contributed by atoms with Gasteiger partial charge < -0.3 is 14.4 Å². The van der Waals surface area contributed by atoms with Gasteiger partial charge in [-0.2, -0.15) is 0 Å². The molecule has 224 valence electrons. The van der Waals surface area contributed by atoms with E-state index in [9.17, 15) is 27.2 Å². The number of β-lactam (4-membered cyclic amide) rings is 1. The van der Waals surface area contributed by atoms with E-state index in [1.54, 1.807) is 65.6 Å². The Morgan fingerprint density at radius 3 is 2.21 bits per heavy atom. The number of halogens is 1. The van der Waals surface area contributed by atoms with Crippen LogP contribution in [0.25, 0.3) is 0 Å². The van der Waals surface area contributed by atoms with Crippen LogP contribution in [-0.4, -0.2) is 39.1 Å². The Labute approximate surface area is 250 Å². The van der Waals surface area contributed by atoms with E-state index in [1.165, 1.54) is 26.0 Å². The summed E-state index contributed by atoms with van der Waals surface area (Å²) in [6, 6.07) is 19.3. The molecule has 1 saturated heterocycles. The maximum Gasteiger partial charge on any atom is 0.308 e. The van der Waals surface area contributed by atoms with E-state index in [2.05, 4.69) is 16.6 Å². The Balaban J connectivity index is 1.57. The molecule has 1 aliphatic heterocycles. The normalized spacial score (nSPS) is 16.8. The maximum atomic E-state index is 13.6. The summed E-state index contributed by atoms with van der Waals surface area (Å²) < 4.78 is 48.9. The van der Waals surface area contributed by atoms with Crippen LogP contribution in [-0.2, 0) is 29.1 Å². The number of nitrogens with one attached hydrogen (secondary N) is 1. The molecule has 4 rings (SSSR count). The Hall–Kier alpha value is -4.53. The Morgan fingerprint density at radius 2 is 1.63 bits per heavy atom. The highest BCUT2D eigenvalue weighted by molar-refractivity contribution is 7.88. The van der Waals surface area contributed by atoms with Crippen molar-refractivity contribution in [2.75, 3.05) is 17.7 Å². The molecule has 2 unspecified atom stereocenters. The Kier molecular flexibility index (Phi) is 9.95. The molecule has 3 aromatic carbocycles. The van der Waals surface area contributed by atoms with Crippen molar-refractivity contribution in [3.05, 3.63) is 95.3 Å². The average Bonchev–Trinajstić information content (AvgIpc) is 2.94. The standard InChI is InChI=1S/C32H31FN2O7S/c1-21(36)41-28-16-10-25(11-17-28)31-29(18-19-30(42-22(2)37)24-8-12-26(33)13-9-24)32(38)35(31)27-14-6-23(7-15-27)5-4-20-34-43(3,39)40/h6-17,29-31,34H,18-20H2,1-3H3/t29?,30-,31?/m0/s1. The van der Waals surface area contributed by atoms with E-state index in [-0.39, 0.29) is 18.5 Å². The molecule has 1 fully saturated rings. The zero-order chi connectivity index (χ0) is 31.1. The summed E-state index contributed by atoms with van der Waals surface area (Å²) in [4.78, 5) is 38.4. The lowest BCUT2D eigenvalue weighted by Crippen LogP contribution is -2.55. The van der Waals surface area contributed by atoms with Gasteiger partial charge in [-0.3, -0.25) is 14.4 Å². The van der Waals surface area contributed by atoms with E-state index in [0.29, 0.717) is 35.4 Å². The molecule has 0 aliphatic carbocycles. The molecule has 0 bridgehead atoms. The summed E-state index contributed by atoms with van der Waals surface area (Å²) in [7, 11) is -3.34. The zero-order valence-corrected chi connectivity index (χ0v) is 24.7. The molecule has 0 aromatic heterocycles. The van der Waals surface area contributed by atoms with Crippen molar-refractivity contribution in [3.8, 4) is 17.6 Å². The average molecular weight is 607 g/mol. The third-order valence-corrected chi connectivity index (χ3v) is 7.46. The highest BCUT2D eigenvalue weighted by atomic mass is 32.2. The van der Waals surface area contributed by atoms with E-state index in [4.69, 9.17) is 9.47 Å². The van der Waals surface area contributed by atoms with Crippen molar-refractivity contribution < 1.29 is 36.7 Å². The molecular weight excluding hydrogens is 575 g/mol. The van der Waals surface area contributed by atoms with Gasteiger partial charge in [0.05, 0.1) is 24.8 Å². The van der Waals surface area contributed by atoms with Gasteiger partial charge in [-0.05, 0) is 72.5 Å². The fraction of sp³-hybridized carbons (Fsp3) is 0.281. The van der Waals surface area contributed by atoms with Gasteiger partial charge in [-0.15, -0.1) is 0 Å². The highest BCUT2D eigenvalue weighted by Crippen LogP contribution is 2.46. The van der Waals surface area contributed by atoms with Crippen LogP contribution >= 0.6 is 0 Å². The van der Waals surface area contributed by atoms with Gasteiger partial charge in [0.25, 0.3) is 0 Å². The number of ether oxygens (including phenoxy) is 2. The van der Waals surface area contributed by atoms with E-state index in [1.807, 2.05) is 0 Å². The van der Waals surface area contributed by atoms with Crippen molar-refractivity contribution in [3.63, 3.8) is 0 Å². The van der Waals surface area contributed by atoms with Gasteiger partial charge in [0.1, 0.15) is 17.7 Å². The smallest absolute Gasteiger partial charge is 0.308 e. The van der Waals surface area contributed by atoms with Crippen molar-refractivity contribution in [1.82, 2.24) is 4.72 Å². The van der Waals surface area contributed by atoms with Crippen LogP contribution in [0.4, 0.5) is 10.1 Å². The third-order valence-electron chi connectivity index (χ3n) is 6.79. The minimum Gasteiger partial charge on any atom is -0.458 e. The number of sulfonamides is 1. The van der Waals surface area contributed by atoms with Crippen LogP contribution in [0.2, 0.25) is 0 Å². The van der Waals surface area contributed by atoms with Gasteiger partial charge in [0, 0.05) is 25.1 Å². The number of anilines is 1. The Morgan fingerprint density at radius 1 is 0.977 bits per heavy atom. The highest BCUT2D eigenvalue weighted by Gasteiger charge is 2.48. The number of carbonyl (C=O) groups is 3. The molecule has 11 heteroatoms. The molecule has 1 heterocycles. The number of rotatable bonds is 10. The van der Waals surface area contributed by atoms with Gasteiger partial charge >= 0.3 is 11.9 Å².